The van der Waals surface area contributed by atoms with Gasteiger partial charge < -0.3 is 8.98 Å². The molecule has 4 rings (SSSR count). The topological polar surface area (TPSA) is 26.3 Å². The minimum absolute atomic E-state index is 0.253. The zero-order valence-corrected chi connectivity index (χ0v) is 19.5. The van der Waals surface area contributed by atoms with Crippen molar-refractivity contribution in [2.75, 3.05) is 5.65 Å². The van der Waals surface area contributed by atoms with Crippen LogP contribution < -0.4 is 0 Å². The molecule has 8 unspecified atom stereocenters. The largest absolute Gasteiger partial charge is 0.312 e. The Morgan fingerprint density at radius 3 is 3.03 bits per heavy atom. The van der Waals surface area contributed by atoms with E-state index >= 15 is 0 Å². The van der Waals surface area contributed by atoms with Gasteiger partial charge in [-0.15, -0.1) is 0 Å². The Balaban J connectivity index is 1.45. The average molecular weight is 419 g/mol. The number of aldehydes is 1. The number of carbonyl (C=O) groups excluding carboxylic acids is 1. The van der Waals surface area contributed by atoms with Crippen molar-refractivity contribution in [3.05, 3.63) is 11.6 Å². The molecule has 4 heteroatoms. The lowest BCUT2D eigenvalue weighted by atomic mass is 9.47. The first-order valence-electron chi connectivity index (χ1n) is 13.2. The Hall–Kier alpha value is -0.215. The molecule has 29 heavy (non-hydrogen) atoms. The van der Waals surface area contributed by atoms with E-state index in [-0.39, 0.29) is 6.10 Å². The quantitative estimate of drug-likeness (QED) is 0.215. The van der Waals surface area contributed by atoms with Crippen LogP contribution in [0.25, 0.3) is 0 Å². The van der Waals surface area contributed by atoms with Crippen molar-refractivity contribution < 1.29 is 8.98 Å². The van der Waals surface area contributed by atoms with Gasteiger partial charge in [0.05, 0.1) is 6.10 Å². The summed E-state index contributed by atoms with van der Waals surface area (Å²) in [5.41, 5.74) is 2.87. The highest BCUT2D eigenvalue weighted by Gasteiger charge is 2.59. The maximum Gasteiger partial charge on any atom is 0.120 e. The van der Waals surface area contributed by atoms with Gasteiger partial charge in [0, 0.05) is 6.42 Å². The van der Waals surface area contributed by atoms with Crippen molar-refractivity contribution >= 4 is 26.1 Å². The molecule has 0 N–H and O–H groups in total. The minimum Gasteiger partial charge on any atom is -0.312 e. The Bertz CT molecular complexity index is 688. The fourth-order valence-corrected chi connectivity index (χ4v) is 8.79. The van der Waals surface area contributed by atoms with E-state index in [2.05, 4.69) is 26.8 Å². The second kappa shape index (κ2) is 8.73. The van der Waals surface area contributed by atoms with Crippen LogP contribution in [0.2, 0.25) is 0 Å². The number of fused-ring (bicyclic) bond motifs is 5. The van der Waals surface area contributed by atoms with Gasteiger partial charge in [0.25, 0.3) is 0 Å². The first kappa shape index (κ1) is 19.5. The third kappa shape index (κ3) is 3.79. The van der Waals surface area contributed by atoms with Gasteiger partial charge in [-0.2, -0.15) is 0 Å². The number of hydrogen-bond donors (Lipinski definition) is 0. The lowest BCUT2D eigenvalue weighted by Gasteiger charge is -2.58. The summed E-state index contributed by atoms with van der Waals surface area (Å²) in [5.74, 6) is 3.94. The molecule has 0 spiro atoms. The summed E-state index contributed by atoms with van der Waals surface area (Å²) in [6, 6.07) is 0. The van der Waals surface area contributed by atoms with Gasteiger partial charge >= 0.3 is 0 Å². The highest BCUT2D eigenvalue weighted by Crippen LogP contribution is 2.67. The van der Waals surface area contributed by atoms with Crippen LogP contribution in [0.15, 0.2) is 11.6 Å². The van der Waals surface area contributed by atoms with Crippen LogP contribution in [0, 0.1) is 40.4 Å². The number of rotatable bonds is 8. The van der Waals surface area contributed by atoms with E-state index in [0.717, 1.165) is 55.6 Å². The third-order valence-corrected chi connectivity index (χ3v) is 10.4. The Morgan fingerprint density at radius 1 is 1.38 bits per heavy atom. The Morgan fingerprint density at radius 2 is 2.24 bits per heavy atom. The SMILES string of the molecule is [2H]B([3H])CSOC1CCC2(C)C(=CCC3C2CCC2(C)C(C(C)CCC=O)CCC32)C1. The first-order valence-corrected chi connectivity index (χ1v) is 13.0. The predicted molar refractivity (Wildman–Crippen MR) is 126 cm³/mol. The molecule has 3 saturated carbocycles. The smallest absolute Gasteiger partial charge is 0.120 e. The predicted octanol–water partition coefficient (Wildman–Crippen LogP) is 5.80. The summed E-state index contributed by atoms with van der Waals surface area (Å²) in [6.07, 6.45) is 15.8. The normalized spacial score (nSPS) is 45.8. The number of hydrogen-bond acceptors (Lipinski definition) is 3. The van der Waals surface area contributed by atoms with Crippen LogP contribution in [0.3, 0.4) is 0 Å². The van der Waals surface area contributed by atoms with E-state index in [1.807, 2.05) is 0 Å². The lowest BCUT2D eigenvalue weighted by molar-refractivity contribution is -0.108. The molecule has 8 atom stereocenters. The zero-order chi connectivity index (χ0) is 22.2. The van der Waals surface area contributed by atoms with Crippen LogP contribution in [0.5, 0.6) is 0 Å². The molecule has 4 aliphatic rings. The van der Waals surface area contributed by atoms with Gasteiger partial charge in [0.2, 0.25) is 0 Å². The first-order chi connectivity index (χ1) is 14.8. The molecular formula is C25H41BO2S. The molecule has 3 fully saturated rings. The molecular weight excluding hydrogens is 375 g/mol. The molecule has 0 aromatic carbocycles. The summed E-state index contributed by atoms with van der Waals surface area (Å²) >= 11 is 1.33. The lowest BCUT2D eigenvalue weighted by Crippen LogP contribution is -2.50. The Labute approximate surface area is 186 Å². The molecule has 0 heterocycles. The summed E-state index contributed by atoms with van der Waals surface area (Å²) < 4.78 is 20.7. The molecule has 4 aliphatic carbocycles. The van der Waals surface area contributed by atoms with Crippen LogP contribution in [-0.2, 0) is 8.98 Å². The van der Waals surface area contributed by atoms with Crippen molar-refractivity contribution in [3.63, 3.8) is 0 Å². The maximum atomic E-state index is 10.9. The fourth-order valence-electron chi connectivity index (χ4n) is 8.35. The Kier molecular flexibility index (Phi) is 5.86. The number of carbonyl (C=O) groups is 1. The van der Waals surface area contributed by atoms with Crippen LogP contribution >= 0.6 is 12.0 Å². The summed E-state index contributed by atoms with van der Waals surface area (Å²) in [4.78, 5) is 10.9. The molecule has 0 aromatic rings. The van der Waals surface area contributed by atoms with Crippen LogP contribution in [0.4, 0.5) is 0 Å². The molecule has 0 radical (unpaired) electrons. The molecule has 0 amide bonds. The van der Waals surface area contributed by atoms with Crippen molar-refractivity contribution in [1.29, 1.82) is 2.67 Å². The van der Waals surface area contributed by atoms with Gasteiger partial charge in [-0.25, -0.2) is 0 Å². The molecule has 0 aromatic heterocycles. The van der Waals surface area contributed by atoms with Crippen molar-refractivity contribution in [1.82, 2.24) is 0 Å². The molecule has 0 saturated heterocycles. The fraction of sp³-hybridized carbons (Fsp3) is 0.880. The van der Waals surface area contributed by atoms with Crippen LogP contribution in [0.1, 0.15) is 85.0 Å². The zero-order valence-electron chi connectivity index (χ0n) is 20.7. The van der Waals surface area contributed by atoms with Gasteiger partial charge in [-0.3, -0.25) is 0 Å². The average Bonchev–Trinajstić information content (AvgIpc) is 3.09. The van der Waals surface area contributed by atoms with E-state index in [9.17, 15) is 4.79 Å². The summed E-state index contributed by atoms with van der Waals surface area (Å²) in [5, 5.41) is 0. The van der Waals surface area contributed by atoms with Crippen molar-refractivity contribution in [2.45, 2.75) is 91.1 Å². The molecule has 0 bridgehead atoms. The summed E-state index contributed by atoms with van der Waals surface area (Å²) in [6.45, 7) is 7.54. The summed E-state index contributed by atoms with van der Waals surface area (Å²) in [7, 11) is -0.804. The molecule has 162 valence electrons. The van der Waals surface area contributed by atoms with Crippen LogP contribution in [-0.4, -0.2) is 28.5 Å². The second-order valence-electron chi connectivity index (χ2n) is 11.0. The van der Waals surface area contributed by atoms with E-state index < -0.39 is 7.77 Å². The third-order valence-electron chi connectivity index (χ3n) is 9.83. The van der Waals surface area contributed by atoms with Gasteiger partial charge in [0.1, 0.15) is 14.1 Å². The van der Waals surface area contributed by atoms with Crippen molar-refractivity contribution in [3.8, 4) is 0 Å². The monoisotopic (exact) mass is 419 g/mol. The second-order valence-corrected chi connectivity index (χ2v) is 11.7. The highest BCUT2D eigenvalue weighted by molar-refractivity contribution is 7.95. The van der Waals surface area contributed by atoms with E-state index in [1.165, 1.54) is 50.6 Å². The number of allylic oxidation sites excluding steroid dienone is 1. The van der Waals surface area contributed by atoms with Gasteiger partial charge in [0.15, 0.2) is 0 Å². The van der Waals surface area contributed by atoms with E-state index in [1.54, 1.807) is 5.57 Å². The highest BCUT2D eigenvalue weighted by atomic mass is 32.2. The van der Waals surface area contributed by atoms with E-state index in [0.29, 0.717) is 22.4 Å². The molecule has 0 aliphatic heterocycles. The maximum absolute atomic E-state index is 10.9. The van der Waals surface area contributed by atoms with E-state index in [4.69, 9.17) is 6.85 Å². The molecule has 2 nitrogen and oxygen atoms in total. The standard InChI is InChI=1S/C25H41BO2S/c1-17(5-4-14-27)21-8-9-22-20-7-6-18-15-19(28-29-16-26)10-12-24(18,2)23(20)11-13-25(21,22)3/h6,14,17,19-23H,4-5,7-13,15-16,26H2,1-3H3/i26TD. The minimum atomic E-state index is -0.804. The van der Waals surface area contributed by atoms with Crippen molar-refractivity contribution in [2.24, 2.45) is 40.4 Å². The van der Waals surface area contributed by atoms with Gasteiger partial charge in [-0.05, 0) is 119 Å². The van der Waals surface area contributed by atoms with Gasteiger partial charge in [-0.1, -0.05) is 32.4 Å².